The first kappa shape index (κ1) is 32.7. The van der Waals surface area contributed by atoms with Gasteiger partial charge in [-0.25, -0.2) is 8.42 Å². The van der Waals surface area contributed by atoms with Crippen molar-refractivity contribution in [2.24, 2.45) is 0 Å². The van der Waals surface area contributed by atoms with Crippen LogP contribution in [0.3, 0.4) is 0 Å². The van der Waals surface area contributed by atoms with Crippen LogP contribution in [0.4, 0.5) is 0 Å². The van der Waals surface area contributed by atoms with Crippen LogP contribution in [0.25, 0.3) is 0 Å². The molecule has 2 aromatic carbocycles. The second-order valence-corrected chi connectivity index (χ2v) is 14.7. The Morgan fingerprint density at radius 3 is 2.41 bits per heavy atom. The average molecular weight is 651 g/mol. The largest absolute Gasteiger partial charge is 0.497 e. The number of nitrogens with zero attached hydrogens (tertiary/aromatic N) is 4. The molecule has 1 amide bonds. The maximum absolute atomic E-state index is 14.0. The van der Waals surface area contributed by atoms with E-state index in [0.717, 1.165) is 48.5 Å². The summed E-state index contributed by atoms with van der Waals surface area (Å²) in [6, 6.07) is 12.9. The summed E-state index contributed by atoms with van der Waals surface area (Å²) in [6.07, 6.45) is 6.59. The van der Waals surface area contributed by atoms with Gasteiger partial charge in [0.2, 0.25) is 15.9 Å². The van der Waals surface area contributed by atoms with Crippen LogP contribution >= 0.6 is 0 Å². The van der Waals surface area contributed by atoms with Crippen molar-refractivity contribution in [2.75, 3.05) is 46.5 Å². The number of sulfonamides is 1. The molecule has 0 bridgehead atoms. The van der Waals surface area contributed by atoms with Crippen LogP contribution in [-0.4, -0.2) is 86.1 Å². The molecule has 0 radical (unpaired) electrons. The van der Waals surface area contributed by atoms with Crippen molar-refractivity contribution in [3.05, 3.63) is 76.2 Å². The smallest absolute Gasteiger partial charge is 0.249 e. The average Bonchev–Trinajstić information content (AvgIpc) is 3.47. The quantitative estimate of drug-likeness (QED) is 0.301. The molecular formula is C35H46N4O6S. The fourth-order valence-electron chi connectivity index (χ4n) is 7.44. The molecule has 11 heteroatoms. The van der Waals surface area contributed by atoms with Gasteiger partial charge in [0.1, 0.15) is 23.8 Å². The van der Waals surface area contributed by atoms with Crippen molar-refractivity contribution in [3.63, 3.8) is 0 Å². The molecule has 0 aliphatic carbocycles. The minimum absolute atomic E-state index is 0.128. The summed E-state index contributed by atoms with van der Waals surface area (Å²) in [5.74, 6) is 1.35. The van der Waals surface area contributed by atoms with Gasteiger partial charge in [-0.3, -0.25) is 9.69 Å². The van der Waals surface area contributed by atoms with Crippen LogP contribution in [0.15, 0.2) is 51.9 Å². The number of carbonyl (C=O) groups is 1. The van der Waals surface area contributed by atoms with Crippen molar-refractivity contribution in [3.8, 4) is 5.75 Å². The number of ether oxygens (including phenoxy) is 2. The minimum Gasteiger partial charge on any atom is -0.497 e. The standard InChI is InChI=1S/C35H46N4O6S/c1-25-20-29(43-3)21-26(2)35(25)46(41,42)39-18-11-8-14-28(39)23-44-24-32(40)38-19-15-31-33(34(38)27-12-6-4-7-13-27)30(36-45-31)22-37-16-9-5-10-17-37/h4,6-7,12-13,20-21,28,34H,5,8-11,14-19,22-24H2,1-3H3. The maximum Gasteiger partial charge on any atom is 0.249 e. The molecule has 2 atom stereocenters. The van der Waals surface area contributed by atoms with Gasteiger partial charge in [0.15, 0.2) is 0 Å². The van der Waals surface area contributed by atoms with Crippen LogP contribution in [0.1, 0.15) is 78.3 Å². The Morgan fingerprint density at radius 1 is 0.978 bits per heavy atom. The predicted octanol–water partition coefficient (Wildman–Crippen LogP) is 5.02. The molecule has 248 valence electrons. The predicted molar refractivity (Wildman–Crippen MR) is 174 cm³/mol. The van der Waals surface area contributed by atoms with Gasteiger partial charge in [0.25, 0.3) is 0 Å². The van der Waals surface area contributed by atoms with Crippen molar-refractivity contribution in [1.82, 2.24) is 19.3 Å². The van der Waals surface area contributed by atoms with E-state index in [4.69, 9.17) is 14.0 Å². The molecule has 3 aromatic rings. The SMILES string of the molecule is COc1cc(C)c(S(=O)(=O)N2CCCCC2COCC(=O)N2CCc3onc(CN4CCCCC4)c3C2c2ccccc2)c(C)c1. The summed E-state index contributed by atoms with van der Waals surface area (Å²) in [5, 5.41) is 4.51. The van der Waals surface area contributed by atoms with Gasteiger partial charge in [-0.2, -0.15) is 4.31 Å². The third kappa shape index (κ3) is 6.74. The fraction of sp³-hybridized carbons (Fsp3) is 0.543. The summed E-state index contributed by atoms with van der Waals surface area (Å²) in [7, 11) is -2.20. The summed E-state index contributed by atoms with van der Waals surface area (Å²) in [6.45, 7) is 7.34. The zero-order valence-electron chi connectivity index (χ0n) is 27.2. The Balaban J connectivity index is 1.18. The summed E-state index contributed by atoms with van der Waals surface area (Å²) in [4.78, 5) is 18.5. The molecule has 1 aromatic heterocycles. The fourth-order valence-corrected chi connectivity index (χ4v) is 9.53. The minimum atomic E-state index is -3.78. The van der Waals surface area contributed by atoms with E-state index in [0.29, 0.717) is 54.2 Å². The van der Waals surface area contributed by atoms with Crippen molar-refractivity contribution < 1.29 is 27.2 Å². The highest BCUT2D eigenvalue weighted by atomic mass is 32.2. The van der Waals surface area contributed by atoms with Crippen molar-refractivity contribution in [1.29, 1.82) is 0 Å². The number of aromatic nitrogens is 1. The normalized spacial score (nSPS) is 21.2. The van der Waals surface area contributed by atoms with E-state index in [1.54, 1.807) is 37.4 Å². The van der Waals surface area contributed by atoms with Crippen molar-refractivity contribution >= 4 is 15.9 Å². The van der Waals surface area contributed by atoms with Crippen LogP contribution in [0, 0.1) is 13.8 Å². The molecule has 0 spiro atoms. The number of likely N-dealkylation sites (tertiary alicyclic amines) is 1. The lowest BCUT2D eigenvalue weighted by Gasteiger charge is -2.37. The molecule has 3 aliphatic rings. The van der Waals surface area contributed by atoms with E-state index in [1.807, 2.05) is 35.2 Å². The summed E-state index contributed by atoms with van der Waals surface area (Å²) in [5.41, 5.74) is 4.21. The van der Waals surface area contributed by atoms with E-state index >= 15 is 0 Å². The van der Waals surface area contributed by atoms with Gasteiger partial charge in [-0.05, 0) is 81.4 Å². The lowest BCUT2D eigenvalue weighted by molar-refractivity contribution is -0.138. The Labute approximate surface area is 272 Å². The second kappa shape index (κ2) is 14.3. The molecule has 0 saturated carbocycles. The molecular weight excluding hydrogens is 604 g/mol. The Kier molecular flexibility index (Phi) is 10.1. The zero-order chi connectivity index (χ0) is 32.3. The molecule has 46 heavy (non-hydrogen) atoms. The van der Waals surface area contributed by atoms with Gasteiger partial charge in [-0.1, -0.05) is 48.3 Å². The third-order valence-corrected chi connectivity index (χ3v) is 11.9. The van der Waals surface area contributed by atoms with Crippen molar-refractivity contribution in [2.45, 2.75) is 82.3 Å². The molecule has 4 heterocycles. The number of hydrogen-bond acceptors (Lipinski definition) is 8. The van der Waals surface area contributed by atoms with Gasteiger partial charge in [0, 0.05) is 37.7 Å². The number of benzene rings is 2. The lowest BCUT2D eigenvalue weighted by Crippen LogP contribution is -2.47. The second-order valence-electron chi connectivity index (χ2n) is 12.8. The van der Waals surface area contributed by atoms with Gasteiger partial charge in [0.05, 0.1) is 24.7 Å². The number of fused-ring (bicyclic) bond motifs is 1. The maximum atomic E-state index is 14.0. The number of carbonyl (C=O) groups excluding carboxylic acids is 1. The number of rotatable bonds is 10. The highest BCUT2D eigenvalue weighted by Crippen LogP contribution is 2.38. The van der Waals surface area contributed by atoms with E-state index in [1.165, 1.54) is 19.3 Å². The Bertz CT molecular complexity index is 1600. The highest BCUT2D eigenvalue weighted by Gasteiger charge is 2.39. The molecule has 2 fully saturated rings. The van der Waals surface area contributed by atoms with E-state index in [-0.39, 0.29) is 31.2 Å². The topological polar surface area (TPSA) is 105 Å². The summed E-state index contributed by atoms with van der Waals surface area (Å²) >= 11 is 0. The number of hydrogen-bond donors (Lipinski definition) is 0. The molecule has 10 nitrogen and oxygen atoms in total. The molecule has 2 unspecified atom stereocenters. The number of aryl methyl sites for hydroxylation is 2. The van der Waals surface area contributed by atoms with E-state index in [9.17, 15) is 13.2 Å². The summed E-state index contributed by atoms with van der Waals surface area (Å²) < 4.78 is 46.8. The van der Waals surface area contributed by atoms with Gasteiger partial charge < -0.3 is 18.9 Å². The zero-order valence-corrected chi connectivity index (χ0v) is 28.1. The monoisotopic (exact) mass is 650 g/mol. The number of amides is 1. The first-order valence-corrected chi connectivity index (χ1v) is 18.0. The molecule has 0 N–H and O–H groups in total. The first-order valence-electron chi connectivity index (χ1n) is 16.6. The lowest BCUT2D eigenvalue weighted by atomic mass is 9.90. The van der Waals surface area contributed by atoms with Crippen LogP contribution in [0.5, 0.6) is 5.75 Å². The van der Waals surface area contributed by atoms with Crippen LogP contribution in [0.2, 0.25) is 0 Å². The van der Waals surface area contributed by atoms with E-state index < -0.39 is 10.0 Å². The number of piperidine rings is 2. The highest BCUT2D eigenvalue weighted by molar-refractivity contribution is 7.89. The number of methoxy groups -OCH3 is 1. The Hall–Kier alpha value is -3.25. The van der Waals surface area contributed by atoms with Crippen LogP contribution < -0.4 is 4.74 Å². The molecule has 2 saturated heterocycles. The molecule has 3 aliphatic heterocycles. The van der Waals surface area contributed by atoms with E-state index in [2.05, 4.69) is 10.1 Å². The van der Waals surface area contributed by atoms with Gasteiger partial charge >= 0.3 is 0 Å². The van der Waals surface area contributed by atoms with Gasteiger partial charge in [-0.15, -0.1) is 0 Å². The van der Waals surface area contributed by atoms with Crippen LogP contribution in [-0.2, 0) is 32.5 Å². The third-order valence-electron chi connectivity index (χ3n) is 9.65. The Morgan fingerprint density at radius 2 is 1.70 bits per heavy atom. The molecule has 6 rings (SSSR count). The first-order chi connectivity index (χ1) is 22.3.